The maximum absolute atomic E-state index is 12.0. The van der Waals surface area contributed by atoms with Crippen molar-refractivity contribution in [2.75, 3.05) is 30.3 Å². The zero-order valence-electron chi connectivity index (χ0n) is 13.4. The molecule has 1 aromatic rings. The van der Waals surface area contributed by atoms with Gasteiger partial charge in [-0.25, -0.2) is 0 Å². The summed E-state index contributed by atoms with van der Waals surface area (Å²) in [4.78, 5) is 25.3. The van der Waals surface area contributed by atoms with Crippen LogP contribution >= 0.6 is 0 Å². The van der Waals surface area contributed by atoms with E-state index in [1.54, 1.807) is 24.3 Å². The predicted octanol–water partition coefficient (Wildman–Crippen LogP) is 2.71. The molecule has 0 unspecified atom stereocenters. The summed E-state index contributed by atoms with van der Waals surface area (Å²) in [5.41, 5.74) is 1.49. The smallest absolute Gasteiger partial charge is 0.225 e. The summed E-state index contributed by atoms with van der Waals surface area (Å²) in [6.07, 6.45) is 2.97. The number of likely N-dealkylation sites (tertiary alicyclic amines) is 1. The number of nitrogens with zero attached hydrogens (tertiary/aromatic N) is 1. The predicted molar refractivity (Wildman–Crippen MR) is 88.8 cm³/mol. The van der Waals surface area contributed by atoms with Crippen molar-refractivity contribution in [3.63, 3.8) is 0 Å². The molecule has 0 spiro atoms. The number of anilines is 2. The minimum Gasteiger partial charge on any atom is -0.326 e. The number of carbonyl (C=O) groups excluding carboxylic acids is 2. The topological polar surface area (TPSA) is 61.4 Å². The van der Waals surface area contributed by atoms with Gasteiger partial charge in [0.1, 0.15) is 0 Å². The molecule has 22 heavy (non-hydrogen) atoms. The van der Waals surface area contributed by atoms with Gasteiger partial charge in [0.25, 0.3) is 0 Å². The molecule has 0 atom stereocenters. The van der Waals surface area contributed by atoms with Crippen LogP contribution in [0, 0.1) is 5.92 Å². The zero-order chi connectivity index (χ0) is 15.9. The second kappa shape index (κ2) is 7.94. The number of amides is 2. The normalized spacial score (nSPS) is 16.3. The van der Waals surface area contributed by atoms with E-state index < -0.39 is 0 Å². The second-order valence-corrected chi connectivity index (χ2v) is 6.08. The second-order valence-electron chi connectivity index (χ2n) is 6.08. The van der Waals surface area contributed by atoms with Crippen LogP contribution in [0.15, 0.2) is 24.3 Å². The maximum Gasteiger partial charge on any atom is 0.225 e. The Morgan fingerprint density at radius 2 is 1.64 bits per heavy atom. The highest BCUT2D eigenvalue weighted by Gasteiger charge is 2.16. The van der Waals surface area contributed by atoms with Crippen molar-refractivity contribution >= 4 is 23.2 Å². The van der Waals surface area contributed by atoms with Gasteiger partial charge >= 0.3 is 0 Å². The summed E-state index contributed by atoms with van der Waals surface area (Å²) in [6, 6.07) is 7.16. The third-order valence-electron chi connectivity index (χ3n) is 4.02. The Morgan fingerprint density at radius 1 is 1.09 bits per heavy atom. The minimum absolute atomic E-state index is 0.0332. The van der Waals surface area contributed by atoms with Crippen molar-refractivity contribution in [2.24, 2.45) is 5.92 Å². The van der Waals surface area contributed by atoms with Gasteiger partial charge in [-0.3, -0.25) is 9.59 Å². The lowest BCUT2D eigenvalue weighted by atomic mass is 9.99. The summed E-state index contributed by atoms with van der Waals surface area (Å²) in [6.45, 7) is 6.77. The fourth-order valence-electron chi connectivity index (χ4n) is 2.61. The lowest BCUT2D eigenvalue weighted by molar-refractivity contribution is -0.116. The Balaban J connectivity index is 1.73. The monoisotopic (exact) mass is 303 g/mol. The quantitative estimate of drug-likeness (QED) is 0.879. The molecule has 2 N–H and O–H groups in total. The van der Waals surface area contributed by atoms with Gasteiger partial charge in [-0.1, -0.05) is 6.92 Å². The van der Waals surface area contributed by atoms with E-state index in [9.17, 15) is 9.59 Å². The lowest BCUT2D eigenvalue weighted by Gasteiger charge is -2.29. The average Bonchev–Trinajstić information content (AvgIpc) is 2.48. The fourth-order valence-corrected chi connectivity index (χ4v) is 2.61. The van der Waals surface area contributed by atoms with E-state index in [1.165, 1.54) is 19.8 Å². The molecular weight excluding hydrogens is 278 g/mol. The van der Waals surface area contributed by atoms with Gasteiger partial charge in [0.15, 0.2) is 0 Å². The van der Waals surface area contributed by atoms with E-state index >= 15 is 0 Å². The van der Waals surface area contributed by atoms with E-state index in [2.05, 4.69) is 22.5 Å². The van der Waals surface area contributed by atoms with Crippen molar-refractivity contribution in [1.29, 1.82) is 0 Å². The maximum atomic E-state index is 12.0. The number of piperidine rings is 1. The molecule has 120 valence electrons. The molecule has 2 rings (SSSR count). The zero-order valence-corrected chi connectivity index (χ0v) is 13.4. The Morgan fingerprint density at radius 3 is 2.18 bits per heavy atom. The number of benzene rings is 1. The highest BCUT2D eigenvalue weighted by molar-refractivity contribution is 5.92. The summed E-state index contributed by atoms with van der Waals surface area (Å²) >= 11 is 0. The molecule has 0 aliphatic carbocycles. The number of rotatable bonds is 5. The number of hydrogen-bond acceptors (Lipinski definition) is 3. The lowest BCUT2D eigenvalue weighted by Crippen LogP contribution is -2.35. The van der Waals surface area contributed by atoms with Gasteiger partial charge in [-0.2, -0.15) is 0 Å². The molecule has 5 heteroatoms. The molecule has 0 radical (unpaired) electrons. The molecular formula is C17H25N3O2. The first-order chi connectivity index (χ1) is 10.5. The first kappa shape index (κ1) is 16.5. The molecule has 1 saturated heterocycles. The summed E-state index contributed by atoms with van der Waals surface area (Å²) < 4.78 is 0. The van der Waals surface area contributed by atoms with Gasteiger partial charge in [0, 0.05) is 31.3 Å². The molecule has 0 bridgehead atoms. The van der Waals surface area contributed by atoms with Crippen LogP contribution in [0.4, 0.5) is 11.4 Å². The van der Waals surface area contributed by atoms with E-state index in [-0.39, 0.29) is 11.8 Å². The van der Waals surface area contributed by atoms with Crippen LogP contribution in [0.2, 0.25) is 0 Å². The van der Waals surface area contributed by atoms with E-state index in [0.29, 0.717) is 6.42 Å². The molecule has 1 aliphatic heterocycles. The first-order valence-corrected chi connectivity index (χ1v) is 7.93. The van der Waals surface area contributed by atoms with Crippen molar-refractivity contribution in [3.8, 4) is 0 Å². The Labute approximate surface area is 132 Å². The van der Waals surface area contributed by atoms with Gasteiger partial charge in [0.05, 0.1) is 0 Å². The van der Waals surface area contributed by atoms with Crippen LogP contribution < -0.4 is 10.6 Å². The molecule has 1 heterocycles. The van der Waals surface area contributed by atoms with Crippen molar-refractivity contribution < 1.29 is 9.59 Å². The molecule has 5 nitrogen and oxygen atoms in total. The average molecular weight is 303 g/mol. The van der Waals surface area contributed by atoms with Gasteiger partial charge in [0.2, 0.25) is 11.8 Å². The third kappa shape index (κ3) is 5.48. The van der Waals surface area contributed by atoms with Crippen LogP contribution in [-0.4, -0.2) is 36.3 Å². The molecule has 1 aromatic carbocycles. The van der Waals surface area contributed by atoms with Crippen LogP contribution in [0.1, 0.15) is 33.1 Å². The van der Waals surface area contributed by atoms with E-state index in [4.69, 9.17) is 0 Å². The third-order valence-corrected chi connectivity index (χ3v) is 4.02. The largest absolute Gasteiger partial charge is 0.326 e. The van der Waals surface area contributed by atoms with Crippen molar-refractivity contribution in [1.82, 2.24) is 4.90 Å². The SMILES string of the molecule is CC(=O)Nc1ccc(NC(=O)CCN2CCC(C)CC2)cc1. The fraction of sp³-hybridized carbons (Fsp3) is 0.529. The summed E-state index contributed by atoms with van der Waals surface area (Å²) in [5, 5.41) is 5.59. The van der Waals surface area contributed by atoms with E-state index in [1.807, 2.05) is 0 Å². The molecule has 0 aromatic heterocycles. The van der Waals surface area contributed by atoms with Crippen LogP contribution in [-0.2, 0) is 9.59 Å². The summed E-state index contributed by atoms with van der Waals surface area (Å²) in [7, 11) is 0. The molecule has 2 amide bonds. The molecule has 0 saturated carbocycles. The Kier molecular flexibility index (Phi) is 5.95. The van der Waals surface area contributed by atoms with Gasteiger partial charge in [-0.05, 0) is 56.1 Å². The molecule has 1 aliphatic rings. The Bertz CT molecular complexity index is 505. The Hall–Kier alpha value is -1.88. The van der Waals surface area contributed by atoms with Crippen LogP contribution in [0.3, 0.4) is 0 Å². The van der Waals surface area contributed by atoms with Gasteiger partial charge < -0.3 is 15.5 Å². The first-order valence-electron chi connectivity index (χ1n) is 7.93. The highest BCUT2D eigenvalue weighted by atomic mass is 16.2. The standard InChI is InChI=1S/C17H25N3O2/c1-13-7-10-20(11-8-13)12-9-17(22)19-16-5-3-15(4-6-16)18-14(2)21/h3-6,13H,7-12H2,1-2H3,(H,18,21)(H,19,22). The minimum atomic E-state index is -0.104. The van der Waals surface area contributed by atoms with Crippen LogP contribution in [0.25, 0.3) is 0 Å². The van der Waals surface area contributed by atoms with Crippen molar-refractivity contribution in [2.45, 2.75) is 33.1 Å². The highest BCUT2D eigenvalue weighted by Crippen LogP contribution is 2.16. The van der Waals surface area contributed by atoms with Gasteiger partial charge in [-0.15, -0.1) is 0 Å². The number of nitrogens with one attached hydrogen (secondary N) is 2. The van der Waals surface area contributed by atoms with Crippen LogP contribution in [0.5, 0.6) is 0 Å². The number of hydrogen-bond donors (Lipinski definition) is 2. The van der Waals surface area contributed by atoms with Crippen molar-refractivity contribution in [3.05, 3.63) is 24.3 Å². The summed E-state index contributed by atoms with van der Waals surface area (Å²) in [5.74, 6) is 0.741. The van der Waals surface area contributed by atoms with E-state index in [0.717, 1.165) is 36.9 Å². The number of carbonyl (C=O) groups is 2. The molecule has 1 fully saturated rings.